The van der Waals surface area contributed by atoms with Crippen LogP contribution in [-0.4, -0.2) is 37.3 Å². The lowest BCUT2D eigenvalue weighted by molar-refractivity contribution is -0.131. The molecule has 0 fully saturated rings. The van der Waals surface area contributed by atoms with Crippen molar-refractivity contribution in [2.75, 3.05) is 5.01 Å². The molecule has 0 saturated carbocycles. The van der Waals surface area contributed by atoms with E-state index >= 15 is 0 Å². The van der Waals surface area contributed by atoms with E-state index in [2.05, 4.69) is 40.9 Å². The molecular formula is C27H29N7O3S. The number of allylic oxidation sites excluding steroid dienone is 4. The van der Waals surface area contributed by atoms with E-state index in [1.165, 1.54) is 20.0 Å². The monoisotopic (exact) mass is 531 g/mol. The second-order valence-electron chi connectivity index (χ2n) is 8.76. The average Bonchev–Trinajstić information content (AvgIpc) is 3.33. The van der Waals surface area contributed by atoms with E-state index in [1.54, 1.807) is 34.7 Å². The molecule has 0 unspecified atom stereocenters. The van der Waals surface area contributed by atoms with E-state index in [-0.39, 0.29) is 5.91 Å². The fourth-order valence-electron chi connectivity index (χ4n) is 3.98. The third-order valence-electron chi connectivity index (χ3n) is 5.83. The fraction of sp³-hybridized carbons (Fsp3) is 0.259. The zero-order valence-electron chi connectivity index (χ0n) is 22.2. The number of hydrogen-bond acceptors (Lipinski definition) is 9. The van der Waals surface area contributed by atoms with Crippen molar-refractivity contribution < 1.29 is 14.3 Å². The van der Waals surface area contributed by atoms with Crippen LogP contribution in [0.2, 0.25) is 0 Å². The van der Waals surface area contributed by atoms with Crippen molar-refractivity contribution in [2.45, 2.75) is 48.1 Å². The highest BCUT2D eigenvalue weighted by molar-refractivity contribution is 7.15. The first-order valence-corrected chi connectivity index (χ1v) is 12.7. The summed E-state index contributed by atoms with van der Waals surface area (Å²) < 4.78 is 7.21. The highest BCUT2D eigenvalue weighted by Gasteiger charge is 2.30. The number of esters is 1. The lowest BCUT2D eigenvalue weighted by Gasteiger charge is -2.18. The summed E-state index contributed by atoms with van der Waals surface area (Å²) in [6, 6.07) is 1.74. The van der Waals surface area contributed by atoms with Crippen molar-refractivity contribution in [3.63, 3.8) is 0 Å². The molecule has 196 valence electrons. The first kappa shape index (κ1) is 26.7. The molecule has 0 aromatic carbocycles. The third-order valence-corrected chi connectivity index (χ3v) is 7.02. The first-order chi connectivity index (χ1) is 18.1. The molecule has 0 bridgehead atoms. The molecular weight excluding hydrogens is 502 g/mol. The van der Waals surface area contributed by atoms with Gasteiger partial charge in [0.1, 0.15) is 22.3 Å². The molecule has 1 amide bonds. The van der Waals surface area contributed by atoms with Gasteiger partial charge in [-0.25, -0.2) is 5.01 Å². The number of hydrazone groups is 1. The van der Waals surface area contributed by atoms with Crippen LogP contribution in [0.3, 0.4) is 0 Å². The Labute approximate surface area is 225 Å². The molecule has 0 aliphatic carbocycles. The molecule has 1 aliphatic heterocycles. The van der Waals surface area contributed by atoms with Gasteiger partial charge in [-0.05, 0) is 56.5 Å². The van der Waals surface area contributed by atoms with Crippen LogP contribution in [0.15, 0.2) is 59.6 Å². The van der Waals surface area contributed by atoms with Crippen molar-refractivity contribution >= 4 is 34.9 Å². The summed E-state index contributed by atoms with van der Waals surface area (Å²) in [5, 5.41) is 19.3. The number of fused-ring (bicyclic) bond motifs is 3. The van der Waals surface area contributed by atoms with Crippen molar-refractivity contribution in [3.8, 4) is 10.8 Å². The third kappa shape index (κ3) is 5.47. The summed E-state index contributed by atoms with van der Waals surface area (Å²) >= 11 is 1.64. The number of thiophene rings is 1. The number of ether oxygens (including phenoxy) is 1. The molecule has 0 radical (unpaired) electrons. The van der Waals surface area contributed by atoms with Crippen molar-refractivity contribution in [2.24, 2.45) is 5.10 Å². The molecule has 0 atom stereocenters. The predicted molar refractivity (Wildman–Crippen MR) is 148 cm³/mol. The number of pyridine rings is 1. The van der Waals surface area contributed by atoms with Crippen LogP contribution >= 0.6 is 11.3 Å². The minimum Gasteiger partial charge on any atom is -0.425 e. The average molecular weight is 532 g/mol. The molecule has 0 spiro atoms. The predicted octanol–water partition coefficient (Wildman–Crippen LogP) is 4.45. The van der Waals surface area contributed by atoms with Gasteiger partial charge in [-0.15, -0.1) is 21.5 Å². The van der Waals surface area contributed by atoms with Gasteiger partial charge in [-0.2, -0.15) is 5.10 Å². The van der Waals surface area contributed by atoms with Gasteiger partial charge < -0.3 is 10.1 Å². The SMILES string of the molecule is C=C(/C=C\C(=C/C)NC(C)=O)C1=NN(Cc2cncc(OC(C)=O)c2)c2nnc(C)n2-c2sc(C)c(C)c21. The second-order valence-corrected chi connectivity index (χ2v) is 9.96. The molecule has 11 heteroatoms. The number of rotatable bonds is 7. The normalized spacial score (nSPS) is 13.1. The van der Waals surface area contributed by atoms with Gasteiger partial charge in [0, 0.05) is 36.2 Å². The number of carbonyl (C=O) groups is 2. The van der Waals surface area contributed by atoms with Crippen LogP contribution < -0.4 is 15.1 Å². The summed E-state index contributed by atoms with van der Waals surface area (Å²) in [5.74, 6) is 1.03. The van der Waals surface area contributed by atoms with Gasteiger partial charge in [-0.3, -0.25) is 19.1 Å². The number of carbonyl (C=O) groups excluding carboxylic acids is 2. The Hall–Kier alpha value is -4.38. The number of hydrogen-bond donors (Lipinski definition) is 1. The van der Waals surface area contributed by atoms with E-state index < -0.39 is 5.97 Å². The first-order valence-electron chi connectivity index (χ1n) is 11.9. The minimum atomic E-state index is -0.424. The molecule has 10 nitrogen and oxygen atoms in total. The van der Waals surface area contributed by atoms with Crippen LogP contribution in [0, 0.1) is 20.8 Å². The van der Waals surface area contributed by atoms with Crippen LogP contribution in [0.25, 0.3) is 5.00 Å². The molecule has 38 heavy (non-hydrogen) atoms. The molecule has 3 aromatic heterocycles. The lowest BCUT2D eigenvalue weighted by Crippen LogP contribution is -2.21. The van der Waals surface area contributed by atoms with Gasteiger partial charge in [0.25, 0.3) is 5.95 Å². The molecule has 3 aromatic rings. The zero-order chi connectivity index (χ0) is 27.6. The van der Waals surface area contributed by atoms with E-state index in [9.17, 15) is 9.59 Å². The van der Waals surface area contributed by atoms with Gasteiger partial charge in [-0.1, -0.05) is 18.7 Å². The van der Waals surface area contributed by atoms with Gasteiger partial charge >= 0.3 is 5.97 Å². The topological polar surface area (TPSA) is 115 Å². The molecule has 4 rings (SSSR count). The Morgan fingerprint density at radius 1 is 1.16 bits per heavy atom. The smallest absolute Gasteiger partial charge is 0.308 e. The Morgan fingerprint density at radius 3 is 2.61 bits per heavy atom. The Kier molecular flexibility index (Phi) is 7.67. The molecule has 0 saturated heterocycles. The zero-order valence-corrected chi connectivity index (χ0v) is 23.0. The number of amides is 1. The van der Waals surface area contributed by atoms with E-state index in [0.717, 1.165) is 32.4 Å². The Morgan fingerprint density at radius 2 is 1.92 bits per heavy atom. The number of nitrogens with one attached hydrogen (secondary N) is 1. The van der Waals surface area contributed by atoms with Gasteiger partial charge in [0.15, 0.2) is 0 Å². The van der Waals surface area contributed by atoms with Gasteiger partial charge in [0.05, 0.1) is 12.7 Å². The van der Waals surface area contributed by atoms with Gasteiger partial charge in [0.2, 0.25) is 5.91 Å². The molecule has 1 aliphatic rings. The van der Waals surface area contributed by atoms with E-state index in [4.69, 9.17) is 9.84 Å². The number of anilines is 1. The van der Waals surface area contributed by atoms with E-state index in [1.807, 2.05) is 30.6 Å². The van der Waals surface area contributed by atoms with Crippen LogP contribution in [0.1, 0.15) is 48.2 Å². The summed E-state index contributed by atoms with van der Waals surface area (Å²) in [5.41, 5.74) is 4.79. The van der Waals surface area contributed by atoms with Crippen LogP contribution in [0.4, 0.5) is 5.95 Å². The van der Waals surface area contributed by atoms with Crippen molar-refractivity contribution in [1.82, 2.24) is 25.1 Å². The lowest BCUT2D eigenvalue weighted by atomic mass is 10.0. The molecule has 4 heterocycles. The largest absolute Gasteiger partial charge is 0.425 e. The van der Waals surface area contributed by atoms with Crippen molar-refractivity contribution in [3.05, 3.63) is 81.9 Å². The Balaban J connectivity index is 1.83. The summed E-state index contributed by atoms with van der Waals surface area (Å²) in [6.07, 6.45) is 8.62. The number of aryl methyl sites for hydroxylation is 2. The standard InChI is InChI=1S/C27H29N7O3S/c1-8-22(29-19(6)35)10-9-15(2)25-24-16(3)17(4)38-26(24)34-18(5)30-31-27(34)33(32-25)14-21-11-23(13-28-12-21)37-20(7)36/h8-13H,2,14H2,1,3-7H3,(H,29,35)/b10-9-,22-8+. The van der Waals surface area contributed by atoms with Crippen molar-refractivity contribution in [1.29, 1.82) is 0 Å². The number of nitrogens with zero attached hydrogens (tertiary/aromatic N) is 6. The maximum atomic E-state index is 11.6. The van der Waals surface area contributed by atoms with Crippen LogP contribution in [0.5, 0.6) is 5.75 Å². The second kappa shape index (κ2) is 10.9. The Bertz CT molecular complexity index is 1530. The molecule has 1 N–H and O–H groups in total. The summed E-state index contributed by atoms with van der Waals surface area (Å²) in [6.45, 7) is 15.3. The maximum Gasteiger partial charge on any atom is 0.308 e. The summed E-state index contributed by atoms with van der Waals surface area (Å²) in [4.78, 5) is 28.4. The van der Waals surface area contributed by atoms with E-state index in [0.29, 0.717) is 35.2 Å². The summed E-state index contributed by atoms with van der Waals surface area (Å²) in [7, 11) is 0. The quantitative estimate of drug-likeness (QED) is 0.354. The van der Waals surface area contributed by atoms with Crippen LogP contribution in [-0.2, 0) is 16.1 Å². The number of aromatic nitrogens is 4. The minimum absolute atomic E-state index is 0.157. The highest BCUT2D eigenvalue weighted by atomic mass is 32.1. The highest BCUT2D eigenvalue weighted by Crippen LogP contribution is 2.38. The fourth-order valence-corrected chi connectivity index (χ4v) is 5.18. The maximum absolute atomic E-state index is 11.6.